The van der Waals surface area contributed by atoms with E-state index < -0.39 is 5.97 Å². The fourth-order valence-electron chi connectivity index (χ4n) is 3.80. The monoisotopic (exact) mass is 354 g/mol. The van der Waals surface area contributed by atoms with E-state index in [0.29, 0.717) is 21.9 Å². The summed E-state index contributed by atoms with van der Waals surface area (Å²) in [6, 6.07) is 22.0. The van der Waals surface area contributed by atoms with Crippen molar-refractivity contribution in [2.75, 3.05) is 0 Å². The Kier molecular flexibility index (Phi) is 3.21. The summed E-state index contributed by atoms with van der Waals surface area (Å²) in [5.74, 6) is -1.15. The van der Waals surface area contributed by atoms with Crippen molar-refractivity contribution in [1.82, 2.24) is 0 Å². The summed E-state index contributed by atoms with van der Waals surface area (Å²) in [7, 11) is 0. The van der Waals surface area contributed by atoms with Crippen LogP contribution in [0.4, 0.5) is 0 Å². The van der Waals surface area contributed by atoms with Gasteiger partial charge in [-0.1, -0.05) is 48.5 Å². The van der Waals surface area contributed by atoms with Crippen molar-refractivity contribution in [2.45, 2.75) is 0 Å². The van der Waals surface area contributed by atoms with Crippen LogP contribution in [0.15, 0.2) is 77.2 Å². The number of hydrogen-bond acceptors (Lipinski definition) is 3. The van der Waals surface area contributed by atoms with E-state index in [9.17, 15) is 15.0 Å². The average molecular weight is 354 g/mol. The third kappa shape index (κ3) is 2.20. The minimum absolute atomic E-state index is 0.0679. The highest BCUT2D eigenvalue weighted by Crippen LogP contribution is 2.43. The van der Waals surface area contributed by atoms with E-state index in [4.69, 9.17) is 4.42 Å². The minimum Gasteiger partial charge on any atom is -0.507 e. The van der Waals surface area contributed by atoms with Gasteiger partial charge in [0.15, 0.2) is 0 Å². The molecule has 0 bridgehead atoms. The van der Waals surface area contributed by atoms with E-state index in [-0.39, 0.29) is 11.3 Å². The lowest BCUT2D eigenvalue weighted by molar-refractivity contribution is 0.0697. The van der Waals surface area contributed by atoms with E-state index in [1.54, 1.807) is 0 Å². The molecule has 1 heterocycles. The van der Waals surface area contributed by atoms with Crippen molar-refractivity contribution in [2.24, 2.45) is 0 Å². The van der Waals surface area contributed by atoms with Crippen LogP contribution in [0.2, 0.25) is 0 Å². The molecular formula is C23H14O4. The highest BCUT2D eigenvalue weighted by molar-refractivity contribution is 6.24. The normalized spacial score (nSPS) is 11.4. The minimum atomic E-state index is -1.08. The zero-order valence-electron chi connectivity index (χ0n) is 14.1. The Morgan fingerprint density at radius 3 is 2.30 bits per heavy atom. The van der Waals surface area contributed by atoms with Gasteiger partial charge in [0.05, 0.1) is 5.56 Å². The molecule has 0 unspecified atom stereocenters. The van der Waals surface area contributed by atoms with Crippen molar-refractivity contribution in [3.05, 3.63) is 78.4 Å². The smallest absolute Gasteiger partial charge is 0.336 e. The molecular weight excluding hydrogens is 340 g/mol. The van der Waals surface area contributed by atoms with E-state index in [2.05, 4.69) is 0 Å². The molecule has 2 N–H and O–H groups in total. The second-order valence-electron chi connectivity index (χ2n) is 6.45. The maximum atomic E-state index is 11.9. The summed E-state index contributed by atoms with van der Waals surface area (Å²) < 4.78 is 5.91. The van der Waals surface area contributed by atoms with E-state index in [1.807, 2.05) is 66.7 Å². The highest BCUT2D eigenvalue weighted by Gasteiger charge is 2.21. The quantitative estimate of drug-likeness (QED) is 0.420. The molecule has 5 aromatic rings. The molecule has 0 amide bonds. The Balaban J connectivity index is 2.04. The first-order chi connectivity index (χ1) is 13.1. The van der Waals surface area contributed by atoms with Crippen molar-refractivity contribution >= 4 is 38.7 Å². The Bertz CT molecular complexity index is 1350. The summed E-state index contributed by atoms with van der Waals surface area (Å²) in [6.07, 6.45) is 0. The SMILES string of the molecule is O=C(O)c1cc(O)c2c(ccc3oc4ccccc4c32)c1-c1ccccc1. The number of carbonyl (C=O) groups is 1. The molecule has 5 rings (SSSR count). The van der Waals surface area contributed by atoms with Gasteiger partial charge in [0.25, 0.3) is 0 Å². The number of para-hydroxylation sites is 1. The number of phenols is 1. The largest absolute Gasteiger partial charge is 0.507 e. The Morgan fingerprint density at radius 1 is 0.778 bits per heavy atom. The molecule has 0 aliphatic carbocycles. The summed E-state index contributed by atoms with van der Waals surface area (Å²) in [6.45, 7) is 0. The third-order valence-corrected chi connectivity index (χ3v) is 4.91. The van der Waals surface area contributed by atoms with E-state index in [1.165, 1.54) is 6.07 Å². The van der Waals surface area contributed by atoms with Crippen molar-refractivity contribution in [1.29, 1.82) is 0 Å². The fraction of sp³-hybridized carbons (Fsp3) is 0. The predicted octanol–water partition coefficient (Wildman–Crippen LogP) is 5.81. The van der Waals surface area contributed by atoms with Gasteiger partial charge in [-0.05, 0) is 35.2 Å². The number of carboxylic acids is 1. The van der Waals surface area contributed by atoms with Crippen LogP contribution in [-0.4, -0.2) is 16.2 Å². The fourth-order valence-corrected chi connectivity index (χ4v) is 3.80. The number of fused-ring (bicyclic) bond motifs is 5. The molecule has 130 valence electrons. The van der Waals surface area contributed by atoms with Crippen LogP contribution < -0.4 is 0 Å². The van der Waals surface area contributed by atoms with Crippen LogP contribution in [0, 0.1) is 0 Å². The Labute approximate surface area is 153 Å². The topological polar surface area (TPSA) is 70.7 Å². The first kappa shape index (κ1) is 15.5. The van der Waals surface area contributed by atoms with Crippen molar-refractivity contribution in [3.63, 3.8) is 0 Å². The van der Waals surface area contributed by atoms with Gasteiger partial charge in [-0.25, -0.2) is 4.79 Å². The average Bonchev–Trinajstić information content (AvgIpc) is 3.07. The second-order valence-corrected chi connectivity index (χ2v) is 6.45. The predicted molar refractivity (Wildman–Crippen MR) is 105 cm³/mol. The van der Waals surface area contributed by atoms with Crippen LogP contribution >= 0.6 is 0 Å². The van der Waals surface area contributed by atoms with Gasteiger partial charge in [0, 0.05) is 21.7 Å². The molecule has 0 fully saturated rings. The molecule has 4 heteroatoms. The lowest BCUT2D eigenvalue weighted by Gasteiger charge is -2.13. The van der Waals surface area contributed by atoms with Gasteiger partial charge < -0.3 is 14.6 Å². The van der Waals surface area contributed by atoms with Gasteiger partial charge in [-0.3, -0.25) is 0 Å². The van der Waals surface area contributed by atoms with Crippen molar-refractivity contribution < 1.29 is 19.4 Å². The molecule has 0 radical (unpaired) electrons. The van der Waals surface area contributed by atoms with E-state index >= 15 is 0 Å². The highest BCUT2D eigenvalue weighted by atomic mass is 16.4. The molecule has 4 nitrogen and oxygen atoms in total. The molecule has 0 atom stereocenters. The number of rotatable bonds is 2. The molecule has 0 saturated heterocycles. The summed E-state index contributed by atoms with van der Waals surface area (Å²) in [5, 5.41) is 23.4. The molecule has 27 heavy (non-hydrogen) atoms. The summed E-state index contributed by atoms with van der Waals surface area (Å²) in [4.78, 5) is 11.9. The van der Waals surface area contributed by atoms with Gasteiger partial charge >= 0.3 is 5.97 Å². The molecule has 1 aromatic heterocycles. The number of aromatic hydroxyl groups is 1. The molecule has 4 aromatic carbocycles. The second kappa shape index (κ2) is 5.61. The van der Waals surface area contributed by atoms with Crippen molar-refractivity contribution in [3.8, 4) is 16.9 Å². The number of hydrogen-bond donors (Lipinski definition) is 2. The number of aromatic carboxylic acids is 1. The third-order valence-electron chi connectivity index (χ3n) is 4.91. The van der Waals surface area contributed by atoms with Crippen LogP contribution in [0.1, 0.15) is 10.4 Å². The lowest BCUT2D eigenvalue weighted by atomic mass is 9.91. The molecule has 0 spiro atoms. The molecule has 0 aliphatic rings. The first-order valence-corrected chi connectivity index (χ1v) is 8.54. The van der Waals surface area contributed by atoms with Crippen LogP contribution in [0.25, 0.3) is 43.8 Å². The first-order valence-electron chi connectivity index (χ1n) is 8.54. The lowest BCUT2D eigenvalue weighted by Crippen LogP contribution is -2.00. The summed E-state index contributed by atoms with van der Waals surface area (Å²) in [5.41, 5.74) is 2.82. The van der Waals surface area contributed by atoms with Gasteiger partial charge in [-0.15, -0.1) is 0 Å². The summed E-state index contributed by atoms with van der Waals surface area (Å²) >= 11 is 0. The van der Waals surface area contributed by atoms with Gasteiger partial charge in [-0.2, -0.15) is 0 Å². The molecule has 0 saturated carbocycles. The zero-order chi connectivity index (χ0) is 18.5. The number of furan rings is 1. The zero-order valence-corrected chi connectivity index (χ0v) is 14.1. The maximum Gasteiger partial charge on any atom is 0.336 e. The number of phenolic OH excluding ortho intramolecular Hbond substituents is 1. The number of carboxylic acid groups (broad SMARTS) is 1. The number of benzene rings is 4. The Hall–Kier alpha value is -3.79. The van der Waals surface area contributed by atoms with E-state index in [0.717, 1.165) is 21.9 Å². The van der Waals surface area contributed by atoms with Gasteiger partial charge in [0.2, 0.25) is 0 Å². The maximum absolute atomic E-state index is 11.9. The van der Waals surface area contributed by atoms with Crippen LogP contribution in [-0.2, 0) is 0 Å². The Morgan fingerprint density at radius 2 is 1.52 bits per heavy atom. The van der Waals surface area contributed by atoms with Crippen LogP contribution in [0.5, 0.6) is 5.75 Å². The molecule has 0 aliphatic heterocycles. The standard InChI is InChI=1S/C23H14O4/c24-17-12-16(23(25)26)20(13-6-2-1-3-7-13)15-10-11-19-22(21(15)17)14-8-4-5-9-18(14)27-19/h1-12,24H,(H,25,26). The van der Waals surface area contributed by atoms with Crippen LogP contribution in [0.3, 0.4) is 0 Å². The van der Waals surface area contributed by atoms with Gasteiger partial charge in [0.1, 0.15) is 16.9 Å².